The van der Waals surface area contributed by atoms with E-state index in [0.717, 1.165) is 12.8 Å². The van der Waals surface area contributed by atoms with Crippen LogP contribution >= 0.6 is 0 Å². The normalized spacial score (nSPS) is 12.5. The van der Waals surface area contributed by atoms with E-state index in [9.17, 15) is 4.79 Å². The summed E-state index contributed by atoms with van der Waals surface area (Å²) in [6, 6.07) is 9.81. The van der Waals surface area contributed by atoms with Crippen LogP contribution < -0.4 is 5.73 Å². The maximum Gasteiger partial charge on any atom is 0.239 e. The molecule has 0 radical (unpaired) electrons. The second-order valence-corrected chi connectivity index (χ2v) is 5.23. The molecule has 0 spiro atoms. The van der Waals surface area contributed by atoms with Gasteiger partial charge in [-0.1, -0.05) is 44.2 Å². The Morgan fingerprint density at radius 3 is 2.44 bits per heavy atom. The average Bonchev–Trinajstić information content (AvgIpc) is 2.35. The van der Waals surface area contributed by atoms with Crippen LogP contribution in [0.15, 0.2) is 30.3 Å². The third-order valence-electron chi connectivity index (χ3n) is 3.00. The molecule has 0 fully saturated rings. The second kappa shape index (κ2) is 7.17. The van der Waals surface area contributed by atoms with Crippen molar-refractivity contribution in [3.05, 3.63) is 35.9 Å². The number of amides is 1. The van der Waals surface area contributed by atoms with Crippen molar-refractivity contribution >= 4 is 5.91 Å². The van der Waals surface area contributed by atoms with Crippen molar-refractivity contribution in [3.63, 3.8) is 0 Å². The van der Waals surface area contributed by atoms with Crippen molar-refractivity contribution in [1.29, 1.82) is 0 Å². The highest BCUT2D eigenvalue weighted by Crippen LogP contribution is 2.06. The summed E-state index contributed by atoms with van der Waals surface area (Å²) in [4.78, 5) is 13.7. The molecule has 1 amide bonds. The zero-order chi connectivity index (χ0) is 13.5. The molecule has 0 aliphatic rings. The summed E-state index contributed by atoms with van der Waals surface area (Å²) in [7, 11) is 1.82. The Morgan fingerprint density at radius 2 is 1.89 bits per heavy atom. The van der Waals surface area contributed by atoms with Gasteiger partial charge in [0.15, 0.2) is 0 Å². The molecule has 2 N–H and O–H groups in total. The Kier molecular flexibility index (Phi) is 5.86. The van der Waals surface area contributed by atoms with E-state index in [1.807, 2.05) is 25.2 Å². The monoisotopic (exact) mass is 248 g/mol. The van der Waals surface area contributed by atoms with Crippen LogP contribution in [0.2, 0.25) is 0 Å². The number of likely N-dealkylation sites (N-methyl/N-ethyl adjacent to an activating group) is 1. The first-order valence-corrected chi connectivity index (χ1v) is 6.55. The van der Waals surface area contributed by atoms with Crippen LogP contribution in [0.1, 0.15) is 25.8 Å². The van der Waals surface area contributed by atoms with Gasteiger partial charge in [0, 0.05) is 13.6 Å². The summed E-state index contributed by atoms with van der Waals surface area (Å²) in [6.07, 6.45) is 1.62. The summed E-state index contributed by atoms with van der Waals surface area (Å²) >= 11 is 0. The van der Waals surface area contributed by atoms with Crippen LogP contribution in [0.25, 0.3) is 0 Å². The van der Waals surface area contributed by atoms with Gasteiger partial charge in [0.1, 0.15) is 0 Å². The Balaban J connectivity index is 2.40. The van der Waals surface area contributed by atoms with E-state index in [-0.39, 0.29) is 11.9 Å². The maximum atomic E-state index is 12.0. The third-order valence-corrected chi connectivity index (χ3v) is 3.00. The highest BCUT2D eigenvalue weighted by molar-refractivity contribution is 5.81. The van der Waals surface area contributed by atoms with Crippen molar-refractivity contribution in [2.75, 3.05) is 13.6 Å². The van der Waals surface area contributed by atoms with Crippen molar-refractivity contribution in [2.45, 2.75) is 32.7 Å². The number of hydrogen-bond donors (Lipinski definition) is 1. The smallest absolute Gasteiger partial charge is 0.239 e. The summed E-state index contributed by atoms with van der Waals surface area (Å²) in [6.45, 7) is 4.88. The highest BCUT2D eigenvalue weighted by Gasteiger charge is 2.18. The molecule has 3 heteroatoms. The number of rotatable bonds is 6. The summed E-state index contributed by atoms with van der Waals surface area (Å²) in [5.74, 6) is 0.492. The molecule has 0 aliphatic carbocycles. The first-order chi connectivity index (χ1) is 8.50. The number of benzene rings is 1. The molecule has 1 rings (SSSR count). The van der Waals surface area contributed by atoms with Crippen molar-refractivity contribution in [2.24, 2.45) is 11.7 Å². The zero-order valence-electron chi connectivity index (χ0n) is 11.6. The van der Waals surface area contributed by atoms with Crippen molar-refractivity contribution < 1.29 is 4.79 Å². The average molecular weight is 248 g/mol. The molecule has 0 bridgehead atoms. The summed E-state index contributed by atoms with van der Waals surface area (Å²) < 4.78 is 0. The third kappa shape index (κ3) is 4.88. The SMILES string of the molecule is CC(C)C[C@@H](N)C(=O)N(C)CCc1ccccc1. The Morgan fingerprint density at radius 1 is 1.28 bits per heavy atom. The molecule has 18 heavy (non-hydrogen) atoms. The van der Waals surface area contributed by atoms with Gasteiger partial charge in [-0.3, -0.25) is 4.79 Å². The largest absolute Gasteiger partial charge is 0.344 e. The first-order valence-electron chi connectivity index (χ1n) is 6.55. The van der Waals surface area contributed by atoms with Crippen LogP contribution in [0.4, 0.5) is 0 Å². The van der Waals surface area contributed by atoms with Gasteiger partial charge >= 0.3 is 0 Å². The van der Waals surface area contributed by atoms with E-state index in [4.69, 9.17) is 5.73 Å². The predicted molar refractivity (Wildman–Crippen MR) is 75.2 cm³/mol. The van der Waals surface area contributed by atoms with Gasteiger partial charge in [0.2, 0.25) is 5.91 Å². The minimum atomic E-state index is -0.370. The van der Waals surface area contributed by atoms with Crippen LogP contribution in [-0.4, -0.2) is 30.4 Å². The van der Waals surface area contributed by atoms with Crippen molar-refractivity contribution in [1.82, 2.24) is 4.90 Å². The molecular formula is C15H24N2O. The van der Waals surface area contributed by atoms with Gasteiger partial charge in [0.05, 0.1) is 6.04 Å². The fourth-order valence-corrected chi connectivity index (χ4v) is 1.94. The standard InChI is InChI=1S/C15H24N2O/c1-12(2)11-14(16)15(18)17(3)10-9-13-7-5-4-6-8-13/h4-8,12,14H,9-11,16H2,1-3H3/t14-/m1/s1. The number of carbonyl (C=O) groups excluding carboxylic acids is 1. The number of hydrogen-bond acceptors (Lipinski definition) is 2. The van der Waals surface area contributed by atoms with E-state index in [1.165, 1.54) is 5.56 Å². The van der Waals surface area contributed by atoms with Gasteiger partial charge in [0.25, 0.3) is 0 Å². The van der Waals surface area contributed by atoms with Gasteiger partial charge in [-0.2, -0.15) is 0 Å². The quantitative estimate of drug-likeness (QED) is 0.837. The van der Waals surface area contributed by atoms with E-state index in [0.29, 0.717) is 12.5 Å². The predicted octanol–water partition coefficient (Wildman–Crippen LogP) is 2.06. The van der Waals surface area contributed by atoms with Gasteiger partial charge in [-0.15, -0.1) is 0 Å². The van der Waals surface area contributed by atoms with Crippen molar-refractivity contribution in [3.8, 4) is 0 Å². The molecule has 1 aromatic rings. The molecule has 1 aromatic carbocycles. The second-order valence-electron chi connectivity index (χ2n) is 5.23. The van der Waals surface area contributed by atoms with Crippen LogP contribution in [0, 0.1) is 5.92 Å². The molecule has 0 aliphatic heterocycles. The minimum absolute atomic E-state index is 0.0413. The summed E-state index contributed by atoms with van der Waals surface area (Å²) in [5, 5.41) is 0. The van der Waals surface area contributed by atoms with Gasteiger partial charge in [-0.25, -0.2) is 0 Å². The van der Waals surface area contributed by atoms with E-state index < -0.39 is 0 Å². The maximum absolute atomic E-state index is 12.0. The van der Waals surface area contributed by atoms with Crippen LogP contribution in [0.5, 0.6) is 0 Å². The fraction of sp³-hybridized carbons (Fsp3) is 0.533. The lowest BCUT2D eigenvalue weighted by Crippen LogP contribution is -2.43. The molecule has 1 atom stereocenters. The molecule has 0 aromatic heterocycles. The molecule has 0 saturated carbocycles. The lowest BCUT2D eigenvalue weighted by Gasteiger charge is -2.22. The number of nitrogens with zero attached hydrogens (tertiary/aromatic N) is 1. The lowest BCUT2D eigenvalue weighted by molar-refractivity contribution is -0.131. The zero-order valence-corrected chi connectivity index (χ0v) is 11.6. The Hall–Kier alpha value is -1.35. The van der Waals surface area contributed by atoms with E-state index in [2.05, 4.69) is 26.0 Å². The lowest BCUT2D eigenvalue weighted by atomic mass is 10.0. The molecular weight excluding hydrogens is 224 g/mol. The Bertz CT molecular complexity index is 362. The Labute approximate surface area is 110 Å². The van der Waals surface area contributed by atoms with E-state index >= 15 is 0 Å². The number of nitrogens with two attached hydrogens (primary N) is 1. The molecule has 3 nitrogen and oxygen atoms in total. The van der Waals surface area contributed by atoms with Crippen LogP contribution in [0.3, 0.4) is 0 Å². The topological polar surface area (TPSA) is 46.3 Å². The van der Waals surface area contributed by atoms with Gasteiger partial charge < -0.3 is 10.6 Å². The van der Waals surface area contributed by atoms with Crippen LogP contribution in [-0.2, 0) is 11.2 Å². The molecule has 0 unspecified atom stereocenters. The van der Waals surface area contributed by atoms with E-state index in [1.54, 1.807) is 4.90 Å². The number of carbonyl (C=O) groups is 1. The first kappa shape index (κ1) is 14.7. The minimum Gasteiger partial charge on any atom is -0.344 e. The summed E-state index contributed by atoms with van der Waals surface area (Å²) in [5.41, 5.74) is 7.14. The molecule has 0 saturated heterocycles. The molecule has 100 valence electrons. The highest BCUT2D eigenvalue weighted by atomic mass is 16.2. The molecule has 0 heterocycles. The fourth-order valence-electron chi connectivity index (χ4n) is 1.94. The van der Waals surface area contributed by atoms with Gasteiger partial charge in [-0.05, 0) is 24.3 Å².